The minimum atomic E-state index is -0.629. The monoisotopic (exact) mass is 449 g/mol. The number of carbonyl (C=O) groups is 3. The molecule has 2 fully saturated rings. The third-order valence-electron chi connectivity index (χ3n) is 6.38. The highest BCUT2D eigenvalue weighted by Crippen LogP contribution is 2.40. The third-order valence-corrected chi connectivity index (χ3v) is 6.38. The summed E-state index contributed by atoms with van der Waals surface area (Å²) in [5.41, 5.74) is 0.281. The summed E-state index contributed by atoms with van der Waals surface area (Å²) < 4.78 is 36.0. The quantitative estimate of drug-likeness (QED) is 0.702. The van der Waals surface area contributed by atoms with E-state index in [2.05, 4.69) is 5.32 Å². The van der Waals surface area contributed by atoms with Gasteiger partial charge >= 0.3 is 6.09 Å². The molecule has 0 bridgehead atoms. The highest BCUT2D eigenvalue weighted by molar-refractivity contribution is 6.02. The van der Waals surface area contributed by atoms with Crippen LogP contribution >= 0.6 is 0 Å². The van der Waals surface area contributed by atoms with Crippen molar-refractivity contribution in [3.05, 3.63) is 28.8 Å². The van der Waals surface area contributed by atoms with Crippen LogP contribution < -0.4 is 10.2 Å². The van der Waals surface area contributed by atoms with Crippen molar-refractivity contribution in [2.24, 2.45) is 0 Å². The Kier molecular flexibility index (Phi) is 5.85. The number of anilines is 1. The number of fused-ring (bicyclic) bond motifs is 1. The van der Waals surface area contributed by atoms with Crippen molar-refractivity contribution in [3.8, 4) is 0 Å². The van der Waals surface area contributed by atoms with Crippen LogP contribution in [-0.4, -0.2) is 54.1 Å². The summed E-state index contributed by atoms with van der Waals surface area (Å²) in [5, 5.41) is 2.31. The summed E-state index contributed by atoms with van der Waals surface area (Å²) in [6.07, 6.45) is 1.40. The molecular weight excluding hydrogens is 420 g/mol. The Morgan fingerprint density at radius 1 is 1.09 bits per heavy atom. The first kappa shape index (κ1) is 22.5. The van der Waals surface area contributed by atoms with Crippen molar-refractivity contribution in [1.29, 1.82) is 0 Å². The summed E-state index contributed by atoms with van der Waals surface area (Å²) >= 11 is 0. The maximum absolute atomic E-state index is 15.5. The number of imide groups is 1. The number of amides is 3. The molecule has 0 aliphatic carbocycles. The Hall–Kier alpha value is -2.71. The second-order valence-electron chi connectivity index (χ2n) is 9.74. The van der Waals surface area contributed by atoms with Crippen LogP contribution in [0.25, 0.3) is 0 Å². The molecule has 2 saturated heterocycles. The predicted molar refractivity (Wildman–Crippen MR) is 113 cm³/mol. The molecule has 7 nitrogen and oxygen atoms in total. The van der Waals surface area contributed by atoms with Crippen LogP contribution in [0.3, 0.4) is 0 Å². The van der Waals surface area contributed by atoms with Crippen LogP contribution in [0.1, 0.15) is 63.5 Å². The van der Waals surface area contributed by atoms with E-state index in [1.165, 1.54) is 6.07 Å². The van der Waals surface area contributed by atoms with E-state index in [9.17, 15) is 14.4 Å². The van der Waals surface area contributed by atoms with Crippen molar-refractivity contribution >= 4 is 23.6 Å². The maximum atomic E-state index is 15.5. The number of ether oxygens (including phenoxy) is 1. The highest BCUT2D eigenvalue weighted by atomic mass is 19.1. The average Bonchev–Trinajstić information content (AvgIpc) is 3.11. The van der Waals surface area contributed by atoms with E-state index in [0.29, 0.717) is 56.6 Å². The molecule has 32 heavy (non-hydrogen) atoms. The lowest BCUT2D eigenvalue weighted by atomic mass is 9.87. The van der Waals surface area contributed by atoms with Crippen molar-refractivity contribution in [2.45, 2.75) is 70.4 Å². The normalized spacial score (nSPS) is 22.1. The van der Waals surface area contributed by atoms with Crippen LogP contribution in [0.2, 0.25) is 0 Å². The van der Waals surface area contributed by atoms with E-state index in [1.807, 2.05) is 0 Å². The summed E-state index contributed by atoms with van der Waals surface area (Å²) in [6, 6.07) is 0.723. The molecule has 0 spiro atoms. The van der Waals surface area contributed by atoms with E-state index >= 15 is 8.78 Å². The molecule has 1 aromatic rings. The molecule has 174 valence electrons. The van der Waals surface area contributed by atoms with Gasteiger partial charge in [-0.3, -0.25) is 14.9 Å². The van der Waals surface area contributed by atoms with Gasteiger partial charge in [0.15, 0.2) is 0 Å². The molecular formula is C23H29F2N3O4. The first-order valence-electron chi connectivity index (χ1n) is 11.1. The number of hydrogen-bond donors (Lipinski definition) is 1. The zero-order valence-corrected chi connectivity index (χ0v) is 18.7. The largest absolute Gasteiger partial charge is 0.444 e. The van der Waals surface area contributed by atoms with Gasteiger partial charge in [-0.2, -0.15) is 0 Å². The zero-order chi connectivity index (χ0) is 23.2. The smallest absolute Gasteiger partial charge is 0.410 e. The predicted octanol–water partition coefficient (Wildman–Crippen LogP) is 3.25. The molecule has 9 heteroatoms. The van der Waals surface area contributed by atoms with E-state index in [4.69, 9.17) is 4.74 Å². The molecule has 3 heterocycles. The second kappa shape index (κ2) is 8.33. The third kappa shape index (κ3) is 4.29. The summed E-state index contributed by atoms with van der Waals surface area (Å²) in [5.74, 6) is -2.25. The van der Waals surface area contributed by atoms with Gasteiger partial charge in [-0.1, -0.05) is 0 Å². The maximum Gasteiger partial charge on any atom is 0.410 e. The lowest BCUT2D eigenvalue weighted by molar-refractivity contribution is -0.134. The molecule has 0 saturated carbocycles. The number of rotatable bonds is 2. The Bertz CT molecular complexity index is 952. The number of nitrogens with one attached hydrogen (secondary N) is 1. The van der Waals surface area contributed by atoms with Gasteiger partial charge in [-0.05, 0) is 58.4 Å². The van der Waals surface area contributed by atoms with Crippen LogP contribution in [0, 0.1) is 11.6 Å². The highest BCUT2D eigenvalue weighted by Gasteiger charge is 2.38. The van der Waals surface area contributed by atoms with E-state index in [1.54, 1.807) is 30.6 Å². The first-order valence-corrected chi connectivity index (χ1v) is 11.1. The van der Waals surface area contributed by atoms with Crippen molar-refractivity contribution in [1.82, 2.24) is 10.2 Å². The number of halogens is 2. The lowest BCUT2D eigenvalue weighted by Crippen LogP contribution is -2.52. The fourth-order valence-corrected chi connectivity index (χ4v) is 4.87. The van der Waals surface area contributed by atoms with Crippen LogP contribution in [0.15, 0.2) is 6.07 Å². The minimum Gasteiger partial charge on any atom is -0.444 e. The van der Waals surface area contributed by atoms with Crippen LogP contribution in [-0.2, 0) is 20.7 Å². The molecule has 1 N–H and O–H groups in total. The summed E-state index contributed by atoms with van der Waals surface area (Å²) in [4.78, 5) is 39.3. The standard InChI is InChI=1S/C23H29F2N3O4/c1-23(2,3)32-22(31)27-9-6-13(7-10-27)19-15(24)12-17-14(20(19)25)8-11-28(17)16-4-5-18(29)26-21(16)30/h12-13,16H,4-11H2,1-3H3,(H,26,29,30)/t16-/m0/s1. The minimum absolute atomic E-state index is 0.0673. The summed E-state index contributed by atoms with van der Waals surface area (Å²) in [6.45, 7) is 6.54. The number of hydrogen-bond acceptors (Lipinski definition) is 5. The van der Waals surface area contributed by atoms with Crippen molar-refractivity contribution in [3.63, 3.8) is 0 Å². The fourth-order valence-electron chi connectivity index (χ4n) is 4.87. The van der Waals surface area contributed by atoms with Crippen molar-refractivity contribution < 1.29 is 27.9 Å². The molecule has 3 aliphatic heterocycles. The molecule has 3 amide bonds. The number of piperidine rings is 2. The zero-order valence-electron chi connectivity index (χ0n) is 18.7. The van der Waals surface area contributed by atoms with Gasteiger partial charge in [-0.15, -0.1) is 0 Å². The molecule has 1 aromatic carbocycles. The van der Waals surface area contributed by atoms with Gasteiger partial charge in [0, 0.05) is 42.9 Å². The molecule has 0 aromatic heterocycles. The lowest BCUT2D eigenvalue weighted by Gasteiger charge is -2.34. The number of likely N-dealkylation sites (tertiary alicyclic amines) is 1. The Balaban J connectivity index is 1.50. The summed E-state index contributed by atoms with van der Waals surface area (Å²) in [7, 11) is 0. The fraction of sp³-hybridized carbons (Fsp3) is 0.609. The van der Waals surface area contributed by atoms with E-state index < -0.39 is 35.3 Å². The van der Waals surface area contributed by atoms with E-state index in [-0.39, 0.29) is 23.8 Å². The first-order chi connectivity index (χ1) is 15.0. The van der Waals surface area contributed by atoms with Gasteiger partial charge in [0.1, 0.15) is 23.3 Å². The van der Waals surface area contributed by atoms with Gasteiger partial charge in [0.05, 0.1) is 0 Å². The van der Waals surface area contributed by atoms with Crippen molar-refractivity contribution in [2.75, 3.05) is 24.5 Å². The Morgan fingerprint density at radius 2 is 1.78 bits per heavy atom. The van der Waals surface area contributed by atoms with Crippen LogP contribution in [0.4, 0.5) is 19.3 Å². The second-order valence-corrected chi connectivity index (χ2v) is 9.74. The molecule has 0 unspecified atom stereocenters. The average molecular weight is 449 g/mol. The van der Waals surface area contributed by atoms with Crippen LogP contribution in [0.5, 0.6) is 0 Å². The SMILES string of the molecule is CC(C)(C)OC(=O)N1CCC(c2c(F)cc3c(c2F)CCN3[C@H]2CCC(=O)NC2=O)CC1. The number of nitrogens with zero attached hydrogens (tertiary/aromatic N) is 2. The van der Waals surface area contributed by atoms with Gasteiger partial charge < -0.3 is 14.5 Å². The molecule has 4 rings (SSSR count). The van der Waals surface area contributed by atoms with Gasteiger partial charge in [-0.25, -0.2) is 13.6 Å². The van der Waals surface area contributed by atoms with E-state index in [0.717, 1.165) is 0 Å². The Labute approximate surface area is 186 Å². The molecule has 0 radical (unpaired) electrons. The topological polar surface area (TPSA) is 79.0 Å². The van der Waals surface area contributed by atoms with Gasteiger partial charge in [0.25, 0.3) is 0 Å². The molecule has 3 aliphatic rings. The number of carbonyl (C=O) groups excluding carboxylic acids is 3. The molecule has 1 atom stereocenters. The Morgan fingerprint density at radius 3 is 2.41 bits per heavy atom. The number of benzene rings is 1. The van der Waals surface area contributed by atoms with Gasteiger partial charge in [0.2, 0.25) is 11.8 Å².